The second-order valence-electron chi connectivity index (χ2n) is 5.60. The summed E-state index contributed by atoms with van der Waals surface area (Å²) in [5.41, 5.74) is 3.03. The van der Waals surface area contributed by atoms with Crippen LogP contribution in [0.25, 0.3) is 0 Å². The number of nitrogens with one attached hydrogen (secondary N) is 2. The number of carbonyl (C=O) groups excluding carboxylic acids is 1. The van der Waals surface area contributed by atoms with E-state index in [9.17, 15) is 4.79 Å². The molecule has 1 unspecified atom stereocenters. The third-order valence-electron chi connectivity index (χ3n) is 3.43. The van der Waals surface area contributed by atoms with Crippen LogP contribution in [0.1, 0.15) is 18.1 Å². The smallest absolute Gasteiger partial charge is 0.266 e. The maximum atomic E-state index is 12.2. The quantitative estimate of drug-likeness (QED) is 0.722. The molecule has 0 bridgehead atoms. The molecule has 0 spiro atoms. The van der Waals surface area contributed by atoms with Gasteiger partial charge in [0.2, 0.25) is 0 Å². The number of amides is 1. The molecular weight excluding hydrogens is 379 g/mol. The van der Waals surface area contributed by atoms with E-state index in [1.807, 2.05) is 32.0 Å². The fourth-order valence-electron chi connectivity index (χ4n) is 2.14. The first-order chi connectivity index (χ1) is 11.8. The summed E-state index contributed by atoms with van der Waals surface area (Å²) in [6, 6.07) is 10.7. The summed E-state index contributed by atoms with van der Waals surface area (Å²) in [6.07, 6.45) is -0.780. The molecule has 1 atom stereocenters. The lowest BCUT2D eigenvalue weighted by Gasteiger charge is -2.17. The second kappa shape index (κ2) is 8.52. The Morgan fingerprint density at radius 2 is 1.88 bits per heavy atom. The lowest BCUT2D eigenvalue weighted by Crippen LogP contribution is -2.42. The molecule has 0 heterocycles. The predicted octanol–water partition coefficient (Wildman–Crippen LogP) is 4.89. The van der Waals surface area contributed by atoms with Crippen molar-refractivity contribution >= 4 is 52.1 Å². The molecule has 25 heavy (non-hydrogen) atoms. The van der Waals surface area contributed by atoms with Crippen molar-refractivity contribution in [2.45, 2.75) is 26.9 Å². The molecule has 2 aromatic rings. The van der Waals surface area contributed by atoms with Gasteiger partial charge in [-0.05, 0) is 62.8 Å². The fourth-order valence-corrected chi connectivity index (χ4v) is 2.80. The Balaban J connectivity index is 1.94. The van der Waals surface area contributed by atoms with E-state index in [1.165, 1.54) is 0 Å². The summed E-state index contributed by atoms with van der Waals surface area (Å²) >= 11 is 17.1. The monoisotopic (exact) mass is 396 g/mol. The van der Waals surface area contributed by atoms with E-state index < -0.39 is 6.10 Å². The van der Waals surface area contributed by atoms with Gasteiger partial charge < -0.3 is 10.1 Å². The molecule has 132 valence electrons. The van der Waals surface area contributed by atoms with Crippen LogP contribution < -0.4 is 15.4 Å². The Morgan fingerprint density at radius 3 is 2.52 bits per heavy atom. The van der Waals surface area contributed by atoms with E-state index >= 15 is 0 Å². The number of rotatable bonds is 4. The molecule has 0 fully saturated rings. The number of hydrogen-bond donors (Lipinski definition) is 2. The predicted molar refractivity (Wildman–Crippen MR) is 107 cm³/mol. The van der Waals surface area contributed by atoms with E-state index in [0.29, 0.717) is 15.8 Å². The molecule has 1 amide bonds. The van der Waals surface area contributed by atoms with Crippen LogP contribution in [0.2, 0.25) is 10.0 Å². The molecular formula is C18H18Cl2N2O2S. The van der Waals surface area contributed by atoms with Crippen molar-refractivity contribution in [2.75, 3.05) is 5.32 Å². The first kappa shape index (κ1) is 19.5. The molecule has 7 heteroatoms. The number of hydrogen-bond acceptors (Lipinski definition) is 3. The minimum absolute atomic E-state index is 0.203. The Bertz CT molecular complexity index is 812. The van der Waals surface area contributed by atoms with Crippen molar-refractivity contribution in [1.82, 2.24) is 5.32 Å². The van der Waals surface area contributed by atoms with Gasteiger partial charge >= 0.3 is 0 Å². The minimum atomic E-state index is -0.780. The SMILES string of the molecule is Cc1ccc(NC(=S)NC(=O)C(C)Oc2ccc(Cl)cc2Cl)c(C)c1. The van der Waals surface area contributed by atoms with Crippen LogP contribution in [0.3, 0.4) is 0 Å². The Kier molecular flexibility index (Phi) is 6.64. The summed E-state index contributed by atoms with van der Waals surface area (Å²) < 4.78 is 5.56. The van der Waals surface area contributed by atoms with Gasteiger partial charge in [0.25, 0.3) is 5.91 Å². The zero-order valence-corrected chi connectivity index (χ0v) is 16.4. The van der Waals surface area contributed by atoms with Crippen molar-refractivity contribution in [2.24, 2.45) is 0 Å². The van der Waals surface area contributed by atoms with Gasteiger partial charge in [-0.25, -0.2) is 0 Å². The van der Waals surface area contributed by atoms with Crippen molar-refractivity contribution < 1.29 is 9.53 Å². The second-order valence-corrected chi connectivity index (χ2v) is 6.85. The van der Waals surface area contributed by atoms with Crippen molar-refractivity contribution in [3.63, 3.8) is 0 Å². The van der Waals surface area contributed by atoms with Gasteiger partial charge in [-0.15, -0.1) is 0 Å². The van der Waals surface area contributed by atoms with E-state index in [4.69, 9.17) is 40.2 Å². The van der Waals surface area contributed by atoms with Crippen LogP contribution >= 0.6 is 35.4 Å². The van der Waals surface area contributed by atoms with Gasteiger partial charge in [-0.3, -0.25) is 10.1 Å². The van der Waals surface area contributed by atoms with Crippen LogP contribution in [-0.2, 0) is 4.79 Å². The molecule has 4 nitrogen and oxygen atoms in total. The van der Waals surface area contributed by atoms with Gasteiger partial charge in [-0.2, -0.15) is 0 Å². The van der Waals surface area contributed by atoms with Crippen LogP contribution in [0, 0.1) is 13.8 Å². The Hall–Kier alpha value is -1.82. The summed E-state index contributed by atoms with van der Waals surface area (Å²) in [6.45, 7) is 5.59. The summed E-state index contributed by atoms with van der Waals surface area (Å²) in [5.74, 6) is -0.00439. The lowest BCUT2D eigenvalue weighted by molar-refractivity contribution is -0.125. The summed E-state index contributed by atoms with van der Waals surface area (Å²) in [4.78, 5) is 12.2. The van der Waals surface area contributed by atoms with Crippen molar-refractivity contribution in [3.05, 3.63) is 57.6 Å². The Labute approximate surface area is 162 Å². The fraction of sp³-hybridized carbons (Fsp3) is 0.222. The first-order valence-electron chi connectivity index (χ1n) is 7.57. The average Bonchev–Trinajstić information content (AvgIpc) is 2.52. The topological polar surface area (TPSA) is 50.4 Å². The van der Waals surface area contributed by atoms with Crippen LogP contribution in [-0.4, -0.2) is 17.1 Å². The highest BCUT2D eigenvalue weighted by Gasteiger charge is 2.17. The highest BCUT2D eigenvalue weighted by Crippen LogP contribution is 2.28. The van der Waals surface area contributed by atoms with E-state index in [0.717, 1.165) is 16.8 Å². The van der Waals surface area contributed by atoms with Gasteiger partial charge in [0.15, 0.2) is 11.2 Å². The molecule has 0 aromatic heterocycles. The Morgan fingerprint density at radius 1 is 1.16 bits per heavy atom. The molecule has 0 saturated carbocycles. The maximum absolute atomic E-state index is 12.2. The summed E-state index contributed by atoms with van der Waals surface area (Å²) in [5, 5.41) is 6.65. The lowest BCUT2D eigenvalue weighted by atomic mass is 10.1. The number of benzene rings is 2. The zero-order valence-electron chi connectivity index (χ0n) is 14.0. The third kappa shape index (κ3) is 5.59. The number of aryl methyl sites for hydroxylation is 2. The van der Waals surface area contributed by atoms with Crippen LogP contribution in [0.5, 0.6) is 5.75 Å². The van der Waals surface area contributed by atoms with E-state index in [2.05, 4.69) is 10.6 Å². The third-order valence-corrected chi connectivity index (χ3v) is 4.17. The normalized spacial score (nSPS) is 11.6. The standard InChI is InChI=1S/C18H18Cl2N2O2S/c1-10-4-6-15(11(2)8-10)21-18(25)22-17(23)12(3)24-16-7-5-13(19)9-14(16)20/h4-9,12H,1-3H3,(H2,21,22,23,25). The molecule has 2 N–H and O–H groups in total. The zero-order chi connectivity index (χ0) is 18.6. The number of carbonyl (C=O) groups is 1. The molecule has 0 aliphatic rings. The van der Waals surface area contributed by atoms with E-state index in [-0.39, 0.29) is 11.0 Å². The van der Waals surface area contributed by atoms with Gasteiger partial charge in [0.1, 0.15) is 5.75 Å². The number of thiocarbonyl (C=S) groups is 1. The van der Waals surface area contributed by atoms with E-state index in [1.54, 1.807) is 25.1 Å². The molecule has 2 rings (SSSR count). The minimum Gasteiger partial charge on any atom is -0.479 e. The van der Waals surface area contributed by atoms with Gasteiger partial charge in [0.05, 0.1) is 5.02 Å². The number of ether oxygens (including phenoxy) is 1. The molecule has 2 aromatic carbocycles. The molecule has 0 saturated heterocycles. The highest BCUT2D eigenvalue weighted by molar-refractivity contribution is 7.80. The maximum Gasteiger partial charge on any atom is 0.266 e. The van der Waals surface area contributed by atoms with Gasteiger partial charge in [-0.1, -0.05) is 40.9 Å². The van der Waals surface area contributed by atoms with Crippen molar-refractivity contribution in [1.29, 1.82) is 0 Å². The molecule has 0 aliphatic carbocycles. The van der Waals surface area contributed by atoms with Crippen molar-refractivity contribution in [3.8, 4) is 5.75 Å². The molecule has 0 aliphatic heterocycles. The molecule has 0 radical (unpaired) electrons. The van der Waals surface area contributed by atoms with Gasteiger partial charge in [0, 0.05) is 10.7 Å². The number of anilines is 1. The first-order valence-corrected chi connectivity index (χ1v) is 8.73. The average molecular weight is 397 g/mol. The highest BCUT2D eigenvalue weighted by atomic mass is 35.5. The van der Waals surface area contributed by atoms with Crippen LogP contribution in [0.4, 0.5) is 5.69 Å². The number of halogens is 2. The largest absolute Gasteiger partial charge is 0.479 e. The summed E-state index contributed by atoms with van der Waals surface area (Å²) in [7, 11) is 0. The van der Waals surface area contributed by atoms with Crippen LogP contribution in [0.15, 0.2) is 36.4 Å².